The quantitative estimate of drug-likeness (QED) is 0.595. The molecule has 0 spiro atoms. The number of aliphatic hydroxyl groups excluding tert-OH is 1. The van der Waals surface area contributed by atoms with Crippen LogP contribution in [0, 0.1) is 0 Å². The lowest BCUT2D eigenvalue weighted by atomic mass is 10.3. The number of thioether (sulfide) groups is 1. The molecule has 0 aromatic carbocycles. The average Bonchev–Trinajstić information content (AvgIpc) is 1.97. The maximum Gasteiger partial charge on any atom is 0.316 e. The van der Waals surface area contributed by atoms with Crippen molar-refractivity contribution in [2.75, 3.05) is 12.4 Å². The summed E-state index contributed by atoms with van der Waals surface area (Å²) in [4.78, 5) is 10.4. The molecular formula is C7H14O3S. The molecule has 0 fully saturated rings. The molecule has 0 saturated carbocycles. The molecule has 0 amide bonds. The van der Waals surface area contributed by atoms with Gasteiger partial charge in [0.05, 0.1) is 0 Å². The van der Waals surface area contributed by atoms with Crippen LogP contribution < -0.4 is 0 Å². The standard InChI is InChI=1S/C7H14O3S/c1-2-6(7(9)10)11-5-3-4-8/h6,8H,2-5H2,1H3,(H,9,10). The Balaban J connectivity index is 3.44. The third kappa shape index (κ3) is 5.09. The van der Waals surface area contributed by atoms with E-state index in [0.29, 0.717) is 12.8 Å². The van der Waals surface area contributed by atoms with Gasteiger partial charge in [0.25, 0.3) is 0 Å². The SMILES string of the molecule is CCC(SCCCO)C(=O)O. The highest BCUT2D eigenvalue weighted by molar-refractivity contribution is 8.00. The molecule has 0 saturated heterocycles. The van der Waals surface area contributed by atoms with Gasteiger partial charge in [0, 0.05) is 6.61 Å². The van der Waals surface area contributed by atoms with Crippen molar-refractivity contribution < 1.29 is 15.0 Å². The number of carboxylic acid groups (broad SMARTS) is 1. The summed E-state index contributed by atoms with van der Waals surface area (Å²) in [6, 6.07) is 0. The molecule has 0 bridgehead atoms. The van der Waals surface area contributed by atoms with E-state index in [1.165, 1.54) is 11.8 Å². The maximum atomic E-state index is 10.4. The lowest BCUT2D eigenvalue weighted by Crippen LogP contribution is -2.15. The van der Waals surface area contributed by atoms with Gasteiger partial charge in [-0.2, -0.15) is 0 Å². The topological polar surface area (TPSA) is 57.5 Å². The van der Waals surface area contributed by atoms with E-state index in [1.807, 2.05) is 6.92 Å². The average molecular weight is 178 g/mol. The van der Waals surface area contributed by atoms with Gasteiger partial charge < -0.3 is 10.2 Å². The third-order valence-corrected chi connectivity index (χ3v) is 2.73. The molecule has 0 aliphatic carbocycles. The summed E-state index contributed by atoms with van der Waals surface area (Å²) in [6.45, 7) is 1.99. The molecule has 0 rings (SSSR count). The zero-order valence-electron chi connectivity index (χ0n) is 6.62. The van der Waals surface area contributed by atoms with Crippen LogP contribution in [0.1, 0.15) is 19.8 Å². The molecule has 0 aliphatic heterocycles. The first kappa shape index (κ1) is 10.8. The minimum atomic E-state index is -0.754. The molecule has 2 N–H and O–H groups in total. The largest absolute Gasteiger partial charge is 0.480 e. The predicted molar refractivity (Wildman–Crippen MR) is 45.9 cm³/mol. The van der Waals surface area contributed by atoms with Crippen LogP contribution in [0.3, 0.4) is 0 Å². The number of aliphatic hydroxyl groups is 1. The molecule has 0 radical (unpaired) electrons. The molecule has 1 atom stereocenters. The fourth-order valence-electron chi connectivity index (χ4n) is 0.654. The van der Waals surface area contributed by atoms with Crippen LogP contribution in [-0.4, -0.2) is 33.8 Å². The Morgan fingerprint density at radius 1 is 1.64 bits per heavy atom. The van der Waals surface area contributed by atoms with Crippen LogP contribution in [0.25, 0.3) is 0 Å². The van der Waals surface area contributed by atoms with Crippen LogP contribution in [0.4, 0.5) is 0 Å². The van der Waals surface area contributed by atoms with Gasteiger partial charge in [0.15, 0.2) is 0 Å². The second kappa shape index (κ2) is 6.49. The van der Waals surface area contributed by atoms with E-state index in [4.69, 9.17) is 10.2 Å². The first-order valence-corrected chi connectivity index (χ1v) is 4.72. The van der Waals surface area contributed by atoms with Gasteiger partial charge in [-0.25, -0.2) is 0 Å². The van der Waals surface area contributed by atoms with Crippen molar-refractivity contribution in [3.05, 3.63) is 0 Å². The number of hydrogen-bond acceptors (Lipinski definition) is 3. The van der Waals surface area contributed by atoms with E-state index in [9.17, 15) is 4.79 Å². The summed E-state index contributed by atoms with van der Waals surface area (Å²) in [6.07, 6.45) is 1.32. The smallest absolute Gasteiger partial charge is 0.316 e. The Kier molecular flexibility index (Phi) is 6.36. The molecule has 0 aromatic rings. The lowest BCUT2D eigenvalue weighted by Gasteiger charge is -2.07. The number of carboxylic acids is 1. The fraction of sp³-hybridized carbons (Fsp3) is 0.857. The molecule has 4 heteroatoms. The molecule has 0 aromatic heterocycles. The second-order valence-corrected chi connectivity index (χ2v) is 3.49. The van der Waals surface area contributed by atoms with Crippen molar-refractivity contribution in [2.24, 2.45) is 0 Å². The van der Waals surface area contributed by atoms with Crippen LogP contribution in [0.5, 0.6) is 0 Å². The van der Waals surface area contributed by atoms with E-state index >= 15 is 0 Å². The fourth-order valence-corrected chi connectivity index (χ4v) is 1.61. The highest BCUT2D eigenvalue weighted by Gasteiger charge is 2.13. The van der Waals surface area contributed by atoms with E-state index < -0.39 is 5.97 Å². The van der Waals surface area contributed by atoms with Gasteiger partial charge in [-0.05, 0) is 18.6 Å². The van der Waals surface area contributed by atoms with Crippen molar-refractivity contribution in [3.8, 4) is 0 Å². The Bertz CT molecular complexity index is 116. The molecule has 0 heterocycles. The van der Waals surface area contributed by atoms with E-state index in [1.54, 1.807) is 0 Å². The van der Waals surface area contributed by atoms with Crippen molar-refractivity contribution in [1.82, 2.24) is 0 Å². The molecule has 3 nitrogen and oxygen atoms in total. The summed E-state index contributed by atoms with van der Waals surface area (Å²) < 4.78 is 0. The first-order valence-electron chi connectivity index (χ1n) is 3.67. The second-order valence-electron chi connectivity index (χ2n) is 2.18. The van der Waals surface area contributed by atoms with Gasteiger partial charge in [-0.15, -0.1) is 11.8 Å². The number of aliphatic carboxylic acids is 1. The Morgan fingerprint density at radius 2 is 2.27 bits per heavy atom. The highest BCUT2D eigenvalue weighted by atomic mass is 32.2. The first-order chi connectivity index (χ1) is 5.22. The van der Waals surface area contributed by atoms with E-state index in [0.717, 1.165) is 5.75 Å². The molecule has 0 aliphatic rings. The predicted octanol–water partition coefficient (Wildman–Crippen LogP) is 0.965. The monoisotopic (exact) mass is 178 g/mol. The van der Waals surface area contributed by atoms with Crippen molar-refractivity contribution >= 4 is 17.7 Å². The van der Waals surface area contributed by atoms with Gasteiger partial charge in [-0.3, -0.25) is 4.79 Å². The van der Waals surface area contributed by atoms with Gasteiger partial charge >= 0.3 is 5.97 Å². The summed E-state index contributed by atoms with van der Waals surface area (Å²) in [5, 5.41) is 16.7. The van der Waals surface area contributed by atoms with Gasteiger partial charge in [0.2, 0.25) is 0 Å². The van der Waals surface area contributed by atoms with Crippen LogP contribution in [-0.2, 0) is 4.79 Å². The van der Waals surface area contributed by atoms with Crippen LogP contribution >= 0.6 is 11.8 Å². The normalized spacial score (nSPS) is 12.9. The minimum Gasteiger partial charge on any atom is -0.480 e. The summed E-state index contributed by atoms with van der Waals surface area (Å²) in [5.41, 5.74) is 0. The summed E-state index contributed by atoms with van der Waals surface area (Å²) in [5.74, 6) is -0.0307. The Morgan fingerprint density at radius 3 is 2.64 bits per heavy atom. The van der Waals surface area contributed by atoms with Crippen LogP contribution in [0.2, 0.25) is 0 Å². The van der Waals surface area contributed by atoms with Crippen molar-refractivity contribution in [2.45, 2.75) is 25.0 Å². The maximum absolute atomic E-state index is 10.4. The van der Waals surface area contributed by atoms with E-state index in [-0.39, 0.29) is 11.9 Å². The molecule has 1 unspecified atom stereocenters. The van der Waals surface area contributed by atoms with Gasteiger partial charge in [-0.1, -0.05) is 6.92 Å². The number of carbonyl (C=O) groups is 1. The van der Waals surface area contributed by atoms with Crippen molar-refractivity contribution in [1.29, 1.82) is 0 Å². The molecule has 66 valence electrons. The van der Waals surface area contributed by atoms with Gasteiger partial charge in [0.1, 0.15) is 5.25 Å². The lowest BCUT2D eigenvalue weighted by molar-refractivity contribution is -0.136. The molecular weight excluding hydrogens is 164 g/mol. The van der Waals surface area contributed by atoms with E-state index in [2.05, 4.69) is 0 Å². The number of hydrogen-bond donors (Lipinski definition) is 2. The summed E-state index contributed by atoms with van der Waals surface area (Å²) in [7, 11) is 0. The van der Waals surface area contributed by atoms with Crippen molar-refractivity contribution in [3.63, 3.8) is 0 Å². The zero-order valence-corrected chi connectivity index (χ0v) is 7.43. The molecule has 11 heavy (non-hydrogen) atoms. The number of rotatable bonds is 6. The minimum absolute atomic E-state index is 0.142. The Hall–Kier alpha value is -0.220. The zero-order chi connectivity index (χ0) is 8.69. The highest BCUT2D eigenvalue weighted by Crippen LogP contribution is 2.15. The Labute approximate surface area is 70.8 Å². The third-order valence-electron chi connectivity index (χ3n) is 1.27. The summed E-state index contributed by atoms with van der Waals surface area (Å²) >= 11 is 1.39. The van der Waals surface area contributed by atoms with Crippen LogP contribution in [0.15, 0.2) is 0 Å².